The molecule has 0 spiro atoms. The Hall–Kier alpha value is -1.43. The first-order valence-electron chi connectivity index (χ1n) is 6.62. The van der Waals surface area contributed by atoms with Gasteiger partial charge in [0.1, 0.15) is 0 Å². The second-order valence-corrected chi connectivity index (χ2v) is 6.77. The predicted octanol–water partition coefficient (Wildman–Crippen LogP) is 3.03. The first-order chi connectivity index (χ1) is 10.1. The van der Waals surface area contributed by atoms with Crippen molar-refractivity contribution < 1.29 is 8.42 Å². The Bertz CT molecular complexity index is 690. The molecule has 1 aromatic heterocycles. The van der Waals surface area contributed by atoms with Crippen molar-refractivity contribution in [2.75, 3.05) is 6.54 Å². The molecule has 0 fully saturated rings. The quantitative estimate of drug-likeness (QED) is 0.767. The van der Waals surface area contributed by atoms with Crippen LogP contribution in [0.5, 0.6) is 0 Å². The molecule has 4 nitrogen and oxygen atoms in total. The predicted molar refractivity (Wildman–Crippen MR) is 83.5 cm³/mol. The summed E-state index contributed by atoms with van der Waals surface area (Å²) in [5, 5.41) is 0. The lowest BCUT2D eigenvalue weighted by Gasteiger charge is -2.20. The summed E-state index contributed by atoms with van der Waals surface area (Å²) in [4.78, 5) is 4.21. The minimum atomic E-state index is -3.53. The molecule has 0 amide bonds. The van der Waals surface area contributed by atoms with Gasteiger partial charge in [0.05, 0.1) is 4.90 Å². The molecule has 0 unspecified atom stereocenters. The van der Waals surface area contributed by atoms with Crippen LogP contribution in [0.4, 0.5) is 0 Å². The van der Waals surface area contributed by atoms with Crippen molar-refractivity contribution in [1.82, 2.24) is 9.29 Å². The summed E-state index contributed by atoms with van der Waals surface area (Å²) in [6.07, 6.45) is 3.31. The number of hydrogen-bond acceptors (Lipinski definition) is 3. The van der Waals surface area contributed by atoms with Crippen molar-refractivity contribution in [3.8, 4) is 0 Å². The molecule has 1 aromatic carbocycles. The maximum atomic E-state index is 12.7. The highest BCUT2D eigenvalue weighted by atomic mass is 35.5. The van der Waals surface area contributed by atoms with Crippen LogP contribution >= 0.6 is 11.6 Å². The Morgan fingerprint density at radius 1 is 1.14 bits per heavy atom. The lowest BCUT2D eigenvalue weighted by molar-refractivity contribution is 0.423. The van der Waals surface area contributed by atoms with Crippen LogP contribution in [-0.2, 0) is 22.4 Å². The number of pyridine rings is 1. The molecule has 0 aliphatic rings. The van der Waals surface area contributed by atoms with Crippen molar-refractivity contribution in [3.63, 3.8) is 0 Å². The molecule has 2 aromatic rings. The molecule has 0 saturated heterocycles. The Labute approximate surface area is 130 Å². The fraction of sp³-hybridized carbons (Fsp3) is 0.267. The van der Waals surface area contributed by atoms with E-state index in [1.807, 2.05) is 25.1 Å². The molecule has 0 N–H and O–H groups in total. The number of benzene rings is 1. The Morgan fingerprint density at radius 3 is 2.48 bits per heavy atom. The molecule has 0 bridgehead atoms. The average Bonchev–Trinajstić information content (AvgIpc) is 2.53. The van der Waals surface area contributed by atoms with E-state index in [2.05, 4.69) is 4.98 Å². The molecular weight excluding hydrogens is 308 g/mol. The number of aromatic nitrogens is 1. The van der Waals surface area contributed by atoms with Gasteiger partial charge in [-0.2, -0.15) is 4.31 Å². The maximum Gasteiger partial charge on any atom is 0.243 e. The van der Waals surface area contributed by atoms with E-state index < -0.39 is 10.0 Å². The van der Waals surface area contributed by atoms with E-state index in [0.717, 1.165) is 11.1 Å². The average molecular weight is 325 g/mol. The zero-order valence-electron chi connectivity index (χ0n) is 11.7. The van der Waals surface area contributed by atoms with Crippen LogP contribution in [0.2, 0.25) is 0 Å². The van der Waals surface area contributed by atoms with Gasteiger partial charge >= 0.3 is 0 Å². The van der Waals surface area contributed by atoms with E-state index in [-0.39, 0.29) is 4.90 Å². The monoisotopic (exact) mass is 324 g/mol. The lowest BCUT2D eigenvalue weighted by atomic mass is 10.2. The van der Waals surface area contributed by atoms with E-state index in [0.29, 0.717) is 19.0 Å². The lowest BCUT2D eigenvalue weighted by Crippen LogP contribution is -2.30. The van der Waals surface area contributed by atoms with Gasteiger partial charge in [0.25, 0.3) is 0 Å². The maximum absolute atomic E-state index is 12.7. The van der Waals surface area contributed by atoms with Crippen molar-refractivity contribution in [3.05, 3.63) is 59.9 Å². The molecule has 2 rings (SSSR count). The van der Waals surface area contributed by atoms with Crippen LogP contribution in [0.15, 0.2) is 53.7 Å². The van der Waals surface area contributed by atoms with Gasteiger partial charge in [-0.05, 0) is 35.4 Å². The summed E-state index contributed by atoms with van der Waals surface area (Å²) in [6, 6.07) is 10.4. The van der Waals surface area contributed by atoms with E-state index in [9.17, 15) is 8.42 Å². The molecular formula is C15H17ClN2O2S. The molecule has 0 radical (unpaired) electrons. The summed E-state index contributed by atoms with van der Waals surface area (Å²) in [5.74, 6) is 0.292. The summed E-state index contributed by atoms with van der Waals surface area (Å²) in [6.45, 7) is 2.55. The third-order valence-electron chi connectivity index (χ3n) is 3.15. The van der Waals surface area contributed by atoms with Gasteiger partial charge in [-0.25, -0.2) is 8.42 Å². The highest BCUT2D eigenvalue weighted by Gasteiger charge is 2.23. The molecule has 6 heteroatoms. The highest BCUT2D eigenvalue weighted by molar-refractivity contribution is 7.89. The van der Waals surface area contributed by atoms with Gasteiger partial charge in [-0.15, -0.1) is 11.6 Å². The van der Waals surface area contributed by atoms with Crippen molar-refractivity contribution in [1.29, 1.82) is 0 Å². The smallest absolute Gasteiger partial charge is 0.243 e. The zero-order valence-corrected chi connectivity index (χ0v) is 13.3. The minimum absolute atomic E-state index is 0.275. The van der Waals surface area contributed by atoms with Gasteiger partial charge in [-0.3, -0.25) is 4.98 Å². The van der Waals surface area contributed by atoms with Gasteiger partial charge < -0.3 is 0 Å². The molecule has 1 heterocycles. The first kappa shape index (κ1) is 15.9. The molecule has 21 heavy (non-hydrogen) atoms. The first-order valence-corrected chi connectivity index (χ1v) is 8.59. The third-order valence-corrected chi connectivity index (χ3v) is 5.38. The van der Waals surface area contributed by atoms with Gasteiger partial charge in [-0.1, -0.05) is 19.1 Å². The topological polar surface area (TPSA) is 50.3 Å². The van der Waals surface area contributed by atoms with E-state index in [1.54, 1.807) is 30.6 Å². The molecule has 112 valence electrons. The number of hydrogen-bond donors (Lipinski definition) is 0. The fourth-order valence-corrected chi connectivity index (χ4v) is 3.67. The highest BCUT2D eigenvalue weighted by Crippen LogP contribution is 2.19. The van der Waals surface area contributed by atoms with Crippen molar-refractivity contribution >= 4 is 21.6 Å². The number of sulfonamides is 1. The van der Waals surface area contributed by atoms with Crippen LogP contribution in [0.25, 0.3) is 0 Å². The molecule has 0 aliphatic heterocycles. The van der Waals surface area contributed by atoms with Crippen LogP contribution in [0, 0.1) is 0 Å². The number of rotatable bonds is 6. The number of nitrogens with zero attached hydrogens (tertiary/aromatic N) is 2. The van der Waals surface area contributed by atoms with E-state index in [1.165, 1.54) is 4.31 Å². The van der Waals surface area contributed by atoms with Crippen LogP contribution < -0.4 is 0 Å². The van der Waals surface area contributed by atoms with Crippen molar-refractivity contribution in [2.45, 2.75) is 24.2 Å². The second-order valence-electron chi connectivity index (χ2n) is 4.57. The summed E-state index contributed by atoms with van der Waals surface area (Å²) in [5.41, 5.74) is 1.70. The standard InChI is InChI=1S/C15H17ClN2O2S/c1-2-18(12-13-6-8-17-9-7-13)21(19,20)15-5-3-4-14(10-15)11-16/h3-10H,2,11-12H2,1H3. The molecule has 0 saturated carbocycles. The normalized spacial score (nSPS) is 11.8. The van der Waals surface area contributed by atoms with Crippen LogP contribution in [0.3, 0.4) is 0 Å². The third kappa shape index (κ3) is 3.81. The summed E-state index contributed by atoms with van der Waals surface area (Å²) >= 11 is 5.78. The largest absolute Gasteiger partial charge is 0.265 e. The SMILES string of the molecule is CCN(Cc1ccncc1)S(=O)(=O)c1cccc(CCl)c1. The molecule has 0 aliphatic carbocycles. The van der Waals surface area contributed by atoms with Gasteiger partial charge in [0, 0.05) is 31.4 Å². The Kier molecular flexibility index (Phi) is 5.33. The Morgan fingerprint density at radius 2 is 1.86 bits per heavy atom. The minimum Gasteiger partial charge on any atom is -0.265 e. The second kappa shape index (κ2) is 7.02. The number of halogens is 1. The van der Waals surface area contributed by atoms with Gasteiger partial charge in [0.2, 0.25) is 10.0 Å². The van der Waals surface area contributed by atoms with Crippen LogP contribution in [0.1, 0.15) is 18.1 Å². The van der Waals surface area contributed by atoms with Crippen LogP contribution in [-0.4, -0.2) is 24.3 Å². The summed E-state index contributed by atoms with van der Waals surface area (Å²) < 4.78 is 26.8. The molecule has 0 atom stereocenters. The van der Waals surface area contributed by atoms with E-state index in [4.69, 9.17) is 11.6 Å². The fourth-order valence-electron chi connectivity index (χ4n) is 2.00. The van der Waals surface area contributed by atoms with Crippen molar-refractivity contribution in [2.24, 2.45) is 0 Å². The zero-order chi connectivity index (χ0) is 15.3. The Balaban J connectivity index is 2.31. The van der Waals surface area contributed by atoms with Gasteiger partial charge in [0.15, 0.2) is 0 Å². The summed E-state index contributed by atoms with van der Waals surface area (Å²) in [7, 11) is -3.53. The number of alkyl halides is 1. The van der Waals surface area contributed by atoms with E-state index >= 15 is 0 Å².